The van der Waals surface area contributed by atoms with Gasteiger partial charge in [0, 0.05) is 24.7 Å². The number of nitrogens with one attached hydrogen (secondary N) is 1. The van der Waals surface area contributed by atoms with E-state index in [1.165, 1.54) is 12.1 Å². The Bertz CT molecular complexity index is 1590. The minimum atomic E-state index is -0.462. The normalized spacial score (nSPS) is 11.5. The number of ether oxygens (including phenoxy) is 1. The van der Waals surface area contributed by atoms with Crippen molar-refractivity contribution in [2.24, 2.45) is 0 Å². The maximum absolute atomic E-state index is 13.7. The number of benzene rings is 2. The molecular formula is C27H29FN8O2. The van der Waals surface area contributed by atoms with Crippen molar-refractivity contribution < 1.29 is 13.9 Å². The van der Waals surface area contributed by atoms with Crippen LogP contribution in [0.2, 0.25) is 0 Å². The first-order valence-corrected chi connectivity index (χ1v) is 12.5. The van der Waals surface area contributed by atoms with Gasteiger partial charge in [-0.05, 0) is 56.5 Å². The number of halogens is 1. The molecular weight excluding hydrogens is 487 g/mol. The van der Waals surface area contributed by atoms with Gasteiger partial charge in [0.05, 0.1) is 30.3 Å². The molecule has 0 saturated carbocycles. The van der Waals surface area contributed by atoms with Gasteiger partial charge in [-0.25, -0.2) is 29.1 Å². The summed E-state index contributed by atoms with van der Waals surface area (Å²) >= 11 is 0. The summed E-state index contributed by atoms with van der Waals surface area (Å²) in [5, 5.41) is 2.80. The van der Waals surface area contributed by atoms with Gasteiger partial charge in [0.25, 0.3) is 0 Å². The number of fused-ring (bicyclic) bond motifs is 2. The van der Waals surface area contributed by atoms with E-state index in [0.29, 0.717) is 48.1 Å². The summed E-state index contributed by atoms with van der Waals surface area (Å²) in [6, 6.07) is 12.3. The predicted octanol–water partition coefficient (Wildman–Crippen LogP) is 4.85. The van der Waals surface area contributed by atoms with Gasteiger partial charge in [0.15, 0.2) is 17.3 Å². The zero-order valence-electron chi connectivity index (χ0n) is 21.3. The molecule has 11 heteroatoms. The van der Waals surface area contributed by atoms with Crippen molar-refractivity contribution in [3.05, 3.63) is 66.5 Å². The number of nitrogens with two attached hydrogens (primary N) is 1. The molecule has 5 aromatic rings. The number of amides is 1. The average molecular weight is 517 g/mol. The zero-order chi connectivity index (χ0) is 26.6. The van der Waals surface area contributed by atoms with Gasteiger partial charge in [-0.1, -0.05) is 18.2 Å². The first-order valence-electron chi connectivity index (χ1n) is 12.5. The Hall–Kier alpha value is -4.54. The quantitative estimate of drug-likeness (QED) is 0.268. The number of imidazole rings is 2. The Morgan fingerprint density at radius 1 is 1.11 bits per heavy atom. The number of nitrogens with zero attached hydrogens (tertiary/aromatic N) is 6. The third-order valence-corrected chi connectivity index (χ3v) is 6.23. The molecule has 3 heterocycles. The summed E-state index contributed by atoms with van der Waals surface area (Å²) in [5.74, 6) is 0.201. The standard InChI is InChI=1S/C27H29FN8O2/c1-17(2)36-16-31-21-9-8-18(12-22(21)36)14-30-27(37)38-11-4-3-10-35-15-32-23-24(29)33-25(34-26(23)35)19-6-5-7-20(28)13-19/h5-9,12-13,15-17H,3-4,10-11,14H2,1-2H3,(H,30,37)(H2,29,33,34). The Kier molecular flexibility index (Phi) is 7.16. The lowest BCUT2D eigenvalue weighted by atomic mass is 10.2. The summed E-state index contributed by atoms with van der Waals surface area (Å²) in [6.45, 7) is 5.46. The minimum Gasteiger partial charge on any atom is -0.450 e. The van der Waals surface area contributed by atoms with E-state index in [4.69, 9.17) is 10.5 Å². The molecule has 0 radical (unpaired) electrons. The van der Waals surface area contributed by atoms with E-state index in [1.54, 1.807) is 18.5 Å². The summed E-state index contributed by atoms with van der Waals surface area (Å²) in [6.07, 6.45) is 4.41. The van der Waals surface area contributed by atoms with Crippen LogP contribution in [0.3, 0.4) is 0 Å². The molecule has 5 rings (SSSR count). The number of alkyl carbamates (subject to hydrolysis) is 1. The molecule has 2 aromatic carbocycles. The Morgan fingerprint density at radius 3 is 2.79 bits per heavy atom. The van der Waals surface area contributed by atoms with Crippen LogP contribution in [-0.4, -0.2) is 41.8 Å². The number of anilines is 1. The van der Waals surface area contributed by atoms with Crippen molar-refractivity contribution in [3.63, 3.8) is 0 Å². The number of nitrogen functional groups attached to an aromatic ring is 1. The summed E-state index contributed by atoms with van der Waals surface area (Å²) < 4.78 is 23.0. The molecule has 0 aliphatic carbocycles. The van der Waals surface area contributed by atoms with Crippen LogP contribution >= 0.6 is 0 Å². The van der Waals surface area contributed by atoms with Gasteiger partial charge in [0.2, 0.25) is 0 Å². The number of hydrogen-bond donors (Lipinski definition) is 2. The fourth-order valence-corrected chi connectivity index (χ4v) is 4.25. The molecule has 3 N–H and O–H groups in total. The van der Waals surface area contributed by atoms with Gasteiger partial charge in [-0.2, -0.15) is 0 Å². The van der Waals surface area contributed by atoms with Crippen LogP contribution in [0, 0.1) is 5.82 Å². The highest BCUT2D eigenvalue weighted by atomic mass is 19.1. The predicted molar refractivity (Wildman–Crippen MR) is 143 cm³/mol. The highest BCUT2D eigenvalue weighted by Crippen LogP contribution is 2.23. The second-order valence-corrected chi connectivity index (χ2v) is 9.32. The monoisotopic (exact) mass is 516 g/mol. The van der Waals surface area contributed by atoms with E-state index in [2.05, 4.69) is 43.7 Å². The van der Waals surface area contributed by atoms with E-state index >= 15 is 0 Å². The van der Waals surface area contributed by atoms with E-state index in [0.717, 1.165) is 23.0 Å². The van der Waals surface area contributed by atoms with Crippen LogP contribution in [-0.2, 0) is 17.8 Å². The average Bonchev–Trinajstić information content (AvgIpc) is 3.51. The second kappa shape index (κ2) is 10.8. The second-order valence-electron chi connectivity index (χ2n) is 9.32. The number of carbonyl (C=O) groups is 1. The maximum atomic E-state index is 13.7. The lowest BCUT2D eigenvalue weighted by Gasteiger charge is -2.10. The van der Waals surface area contributed by atoms with Crippen molar-refractivity contribution in [1.82, 2.24) is 34.4 Å². The van der Waals surface area contributed by atoms with Crippen molar-refractivity contribution in [2.45, 2.75) is 45.8 Å². The van der Waals surface area contributed by atoms with E-state index in [9.17, 15) is 9.18 Å². The lowest BCUT2D eigenvalue weighted by molar-refractivity contribution is 0.143. The SMILES string of the molecule is CC(C)n1cnc2ccc(CNC(=O)OCCCCn3cnc4c(N)nc(-c5cccc(F)c5)nc43)cc21. The van der Waals surface area contributed by atoms with Crippen molar-refractivity contribution in [3.8, 4) is 11.4 Å². The van der Waals surface area contributed by atoms with Crippen molar-refractivity contribution >= 4 is 34.1 Å². The number of unbranched alkanes of at least 4 members (excludes halogenated alkanes) is 1. The molecule has 38 heavy (non-hydrogen) atoms. The number of rotatable bonds is 9. The lowest BCUT2D eigenvalue weighted by Crippen LogP contribution is -2.24. The molecule has 10 nitrogen and oxygen atoms in total. The van der Waals surface area contributed by atoms with Gasteiger partial charge < -0.3 is 24.9 Å². The number of hydrogen-bond acceptors (Lipinski definition) is 7. The molecule has 0 fully saturated rings. The summed E-state index contributed by atoms with van der Waals surface area (Å²) in [4.78, 5) is 29.7. The Balaban J connectivity index is 1.11. The molecule has 196 valence electrons. The molecule has 1 amide bonds. The minimum absolute atomic E-state index is 0.237. The first-order chi connectivity index (χ1) is 18.4. The van der Waals surface area contributed by atoms with Crippen LogP contribution in [0.5, 0.6) is 0 Å². The van der Waals surface area contributed by atoms with Crippen LogP contribution in [0.25, 0.3) is 33.6 Å². The molecule has 0 aliphatic rings. The fourth-order valence-electron chi connectivity index (χ4n) is 4.25. The Labute approximate surface area is 218 Å². The third-order valence-electron chi connectivity index (χ3n) is 6.23. The van der Waals surface area contributed by atoms with E-state index in [-0.39, 0.29) is 18.2 Å². The van der Waals surface area contributed by atoms with Gasteiger partial charge in [-0.15, -0.1) is 0 Å². The fraction of sp³-hybridized carbons (Fsp3) is 0.296. The molecule has 0 unspecified atom stereocenters. The van der Waals surface area contributed by atoms with Crippen molar-refractivity contribution in [2.75, 3.05) is 12.3 Å². The van der Waals surface area contributed by atoms with Gasteiger partial charge in [-0.3, -0.25) is 0 Å². The summed E-state index contributed by atoms with van der Waals surface area (Å²) in [7, 11) is 0. The number of aryl methyl sites for hydroxylation is 1. The van der Waals surface area contributed by atoms with Crippen LogP contribution < -0.4 is 11.1 Å². The molecule has 0 saturated heterocycles. The largest absolute Gasteiger partial charge is 0.450 e. The topological polar surface area (TPSA) is 126 Å². The van der Waals surface area contributed by atoms with Crippen molar-refractivity contribution in [1.29, 1.82) is 0 Å². The van der Waals surface area contributed by atoms with Crippen LogP contribution in [0.1, 0.15) is 38.3 Å². The molecule has 0 spiro atoms. The van der Waals surface area contributed by atoms with Crippen LogP contribution in [0.15, 0.2) is 55.1 Å². The number of carbonyl (C=O) groups excluding carboxylic acids is 1. The molecule has 0 aliphatic heterocycles. The highest BCUT2D eigenvalue weighted by Gasteiger charge is 2.13. The third kappa shape index (κ3) is 5.41. The molecule has 0 atom stereocenters. The van der Waals surface area contributed by atoms with E-state index in [1.807, 2.05) is 29.1 Å². The van der Waals surface area contributed by atoms with Gasteiger partial charge in [0.1, 0.15) is 11.3 Å². The van der Waals surface area contributed by atoms with E-state index < -0.39 is 6.09 Å². The first kappa shape index (κ1) is 25.1. The summed E-state index contributed by atoms with van der Waals surface area (Å²) in [5.41, 5.74) is 10.6. The smallest absolute Gasteiger partial charge is 0.407 e. The zero-order valence-corrected chi connectivity index (χ0v) is 21.3. The molecule has 0 bridgehead atoms. The maximum Gasteiger partial charge on any atom is 0.407 e. The van der Waals surface area contributed by atoms with Crippen LogP contribution in [0.4, 0.5) is 15.0 Å². The molecule has 3 aromatic heterocycles. The van der Waals surface area contributed by atoms with Gasteiger partial charge >= 0.3 is 6.09 Å². The number of aromatic nitrogens is 6. The Morgan fingerprint density at radius 2 is 1.97 bits per heavy atom. The highest BCUT2D eigenvalue weighted by molar-refractivity contribution is 5.83.